The maximum atomic E-state index is 13.4. The summed E-state index contributed by atoms with van der Waals surface area (Å²) in [4.78, 5) is 39.4. The van der Waals surface area contributed by atoms with Gasteiger partial charge in [-0.2, -0.15) is 0 Å². The lowest BCUT2D eigenvalue weighted by molar-refractivity contribution is -0.115. The molecule has 3 N–H and O–H groups in total. The minimum Gasteiger partial charge on any atom is -0.325 e. The zero-order valence-corrected chi connectivity index (χ0v) is 24.3. The molecule has 0 aliphatic rings. The summed E-state index contributed by atoms with van der Waals surface area (Å²) < 4.78 is 14.5. The minimum absolute atomic E-state index is 0.000180. The molecule has 0 bridgehead atoms. The standard InChI is InChI=1S/C31H25FIN3O3S/c1-20(29(37)34-25-13-11-24(33)12-14-25)40-27-17-15-26(16-18-27)35-31(39)28(19-21-7-9-23(32)10-8-21)36-30(38)22-5-3-2-4-6-22/h2-20H,1H3,(H,34,37)(H,35,39)(H,36,38)/b28-19-. The lowest BCUT2D eigenvalue weighted by Crippen LogP contribution is -2.30. The van der Waals surface area contributed by atoms with Crippen LogP contribution in [0.15, 0.2) is 114 Å². The SMILES string of the molecule is CC(Sc1ccc(NC(=O)/C(=C/c2ccc(F)cc2)NC(=O)c2ccccc2)cc1)C(=O)Nc1ccc(I)cc1. The summed E-state index contributed by atoms with van der Waals surface area (Å²) in [6.45, 7) is 1.82. The van der Waals surface area contributed by atoms with Crippen LogP contribution in [0, 0.1) is 9.39 Å². The molecule has 0 aromatic heterocycles. The van der Waals surface area contributed by atoms with E-state index in [9.17, 15) is 18.8 Å². The molecule has 0 spiro atoms. The van der Waals surface area contributed by atoms with Crippen molar-refractivity contribution in [3.8, 4) is 0 Å². The van der Waals surface area contributed by atoms with E-state index in [2.05, 4.69) is 38.5 Å². The van der Waals surface area contributed by atoms with Gasteiger partial charge in [0, 0.05) is 25.4 Å². The van der Waals surface area contributed by atoms with Crippen molar-refractivity contribution in [3.63, 3.8) is 0 Å². The number of anilines is 2. The number of rotatable bonds is 9. The maximum Gasteiger partial charge on any atom is 0.272 e. The Kier molecular flexibility index (Phi) is 10.1. The smallest absolute Gasteiger partial charge is 0.272 e. The number of carbonyl (C=O) groups excluding carboxylic acids is 3. The van der Waals surface area contributed by atoms with Gasteiger partial charge >= 0.3 is 0 Å². The van der Waals surface area contributed by atoms with Crippen LogP contribution < -0.4 is 16.0 Å². The number of hydrogen-bond donors (Lipinski definition) is 3. The van der Waals surface area contributed by atoms with Gasteiger partial charge in [-0.05, 0) is 114 Å². The van der Waals surface area contributed by atoms with Crippen LogP contribution in [0.2, 0.25) is 0 Å². The second-order valence-corrected chi connectivity index (χ2v) is 11.3. The molecule has 1 unspecified atom stereocenters. The highest BCUT2D eigenvalue weighted by Crippen LogP contribution is 2.26. The Labute approximate surface area is 249 Å². The van der Waals surface area contributed by atoms with E-state index in [0.29, 0.717) is 16.8 Å². The fourth-order valence-corrected chi connectivity index (χ4v) is 4.75. The van der Waals surface area contributed by atoms with Gasteiger partial charge in [-0.3, -0.25) is 14.4 Å². The molecule has 4 rings (SSSR count). The van der Waals surface area contributed by atoms with E-state index in [-0.39, 0.29) is 16.9 Å². The Morgan fingerprint density at radius 1 is 0.800 bits per heavy atom. The van der Waals surface area contributed by atoms with Crippen molar-refractivity contribution in [2.24, 2.45) is 0 Å². The van der Waals surface area contributed by atoms with E-state index >= 15 is 0 Å². The van der Waals surface area contributed by atoms with E-state index in [0.717, 1.165) is 14.2 Å². The summed E-state index contributed by atoms with van der Waals surface area (Å²) in [5, 5.41) is 8.00. The number of benzene rings is 4. The topological polar surface area (TPSA) is 87.3 Å². The van der Waals surface area contributed by atoms with Crippen molar-refractivity contribution in [1.29, 1.82) is 0 Å². The highest BCUT2D eigenvalue weighted by atomic mass is 127. The van der Waals surface area contributed by atoms with Crippen LogP contribution in [0.25, 0.3) is 6.08 Å². The predicted molar refractivity (Wildman–Crippen MR) is 166 cm³/mol. The molecule has 0 fully saturated rings. The molecular formula is C31H25FIN3O3S. The molecule has 202 valence electrons. The Bertz CT molecular complexity index is 1510. The van der Waals surface area contributed by atoms with Crippen molar-refractivity contribution in [2.75, 3.05) is 10.6 Å². The number of amides is 3. The lowest BCUT2D eigenvalue weighted by Gasteiger charge is -2.13. The minimum atomic E-state index is -0.542. The molecule has 40 heavy (non-hydrogen) atoms. The van der Waals surface area contributed by atoms with Gasteiger partial charge < -0.3 is 16.0 Å². The maximum absolute atomic E-state index is 13.4. The van der Waals surface area contributed by atoms with Gasteiger partial charge in [-0.25, -0.2) is 4.39 Å². The van der Waals surface area contributed by atoms with Gasteiger partial charge in [-0.15, -0.1) is 11.8 Å². The average molecular weight is 666 g/mol. The first-order valence-electron chi connectivity index (χ1n) is 12.2. The first-order valence-corrected chi connectivity index (χ1v) is 14.2. The predicted octanol–water partition coefficient (Wildman–Crippen LogP) is 6.96. The lowest BCUT2D eigenvalue weighted by atomic mass is 10.1. The number of thioether (sulfide) groups is 1. The Hall–Kier alpha value is -3.96. The van der Waals surface area contributed by atoms with Crippen LogP contribution in [0.4, 0.5) is 15.8 Å². The van der Waals surface area contributed by atoms with Gasteiger partial charge in [-0.1, -0.05) is 30.3 Å². The van der Waals surface area contributed by atoms with E-state index in [1.165, 1.54) is 42.1 Å². The third kappa shape index (κ3) is 8.52. The normalized spacial score (nSPS) is 11.8. The van der Waals surface area contributed by atoms with Crippen LogP contribution in [-0.2, 0) is 9.59 Å². The highest BCUT2D eigenvalue weighted by molar-refractivity contribution is 14.1. The van der Waals surface area contributed by atoms with E-state index in [1.807, 2.05) is 31.2 Å². The molecule has 4 aromatic carbocycles. The summed E-state index contributed by atoms with van der Waals surface area (Å²) in [5.41, 5.74) is 2.18. The van der Waals surface area contributed by atoms with Crippen molar-refractivity contribution in [1.82, 2.24) is 5.32 Å². The number of halogens is 2. The van der Waals surface area contributed by atoms with Gasteiger partial charge in [0.15, 0.2) is 0 Å². The zero-order chi connectivity index (χ0) is 28.5. The number of nitrogens with one attached hydrogen (secondary N) is 3. The van der Waals surface area contributed by atoms with Crippen molar-refractivity contribution < 1.29 is 18.8 Å². The molecule has 0 saturated heterocycles. The van der Waals surface area contributed by atoms with E-state index < -0.39 is 17.6 Å². The summed E-state index contributed by atoms with van der Waals surface area (Å²) in [6, 6.07) is 28.7. The molecule has 0 heterocycles. The number of carbonyl (C=O) groups is 3. The first kappa shape index (κ1) is 29.0. The second-order valence-electron chi connectivity index (χ2n) is 8.66. The quantitative estimate of drug-likeness (QED) is 0.103. The zero-order valence-electron chi connectivity index (χ0n) is 21.4. The van der Waals surface area contributed by atoms with Gasteiger partial charge in [0.1, 0.15) is 11.5 Å². The van der Waals surface area contributed by atoms with Gasteiger partial charge in [0.05, 0.1) is 5.25 Å². The Balaban J connectivity index is 1.42. The molecule has 3 amide bonds. The Morgan fingerprint density at radius 2 is 1.40 bits per heavy atom. The molecule has 0 aliphatic carbocycles. The van der Waals surface area contributed by atoms with Gasteiger partial charge in [0.2, 0.25) is 5.91 Å². The average Bonchev–Trinajstić information content (AvgIpc) is 2.96. The van der Waals surface area contributed by atoms with Crippen LogP contribution in [0.3, 0.4) is 0 Å². The summed E-state index contributed by atoms with van der Waals surface area (Å²) in [7, 11) is 0. The molecule has 0 aliphatic heterocycles. The van der Waals surface area contributed by atoms with Crippen LogP contribution in [0.5, 0.6) is 0 Å². The monoisotopic (exact) mass is 665 g/mol. The largest absolute Gasteiger partial charge is 0.325 e. The third-order valence-electron chi connectivity index (χ3n) is 5.62. The molecule has 1 atom stereocenters. The van der Waals surface area contributed by atoms with Crippen LogP contribution >= 0.6 is 34.4 Å². The van der Waals surface area contributed by atoms with Crippen molar-refractivity contribution >= 4 is 69.5 Å². The molecule has 0 radical (unpaired) electrons. The summed E-state index contributed by atoms with van der Waals surface area (Å²) >= 11 is 3.60. The van der Waals surface area contributed by atoms with Crippen molar-refractivity contribution in [3.05, 3.63) is 129 Å². The molecule has 6 nitrogen and oxygen atoms in total. The fourth-order valence-electron chi connectivity index (χ4n) is 3.52. The third-order valence-corrected chi connectivity index (χ3v) is 7.45. The first-order chi connectivity index (χ1) is 19.3. The summed E-state index contributed by atoms with van der Waals surface area (Å²) in [6.07, 6.45) is 1.48. The van der Waals surface area contributed by atoms with Crippen molar-refractivity contribution in [2.45, 2.75) is 17.1 Å². The van der Waals surface area contributed by atoms with Gasteiger partial charge in [0.25, 0.3) is 11.8 Å². The van der Waals surface area contributed by atoms with Crippen LogP contribution in [0.1, 0.15) is 22.8 Å². The summed E-state index contributed by atoms with van der Waals surface area (Å²) in [5.74, 6) is -1.52. The van der Waals surface area contributed by atoms with Crippen LogP contribution in [-0.4, -0.2) is 23.0 Å². The molecule has 9 heteroatoms. The molecular weight excluding hydrogens is 640 g/mol. The molecule has 0 saturated carbocycles. The second kappa shape index (κ2) is 13.9. The number of hydrogen-bond acceptors (Lipinski definition) is 4. The highest BCUT2D eigenvalue weighted by Gasteiger charge is 2.17. The van der Waals surface area contributed by atoms with E-state index in [1.54, 1.807) is 54.6 Å². The Morgan fingerprint density at radius 3 is 2.05 bits per heavy atom. The molecule has 4 aromatic rings. The van der Waals surface area contributed by atoms with E-state index in [4.69, 9.17) is 0 Å². The fraction of sp³-hybridized carbons (Fsp3) is 0.0645.